The van der Waals surface area contributed by atoms with E-state index in [0.717, 1.165) is 0 Å². The topological polar surface area (TPSA) is 105 Å². The van der Waals surface area contributed by atoms with Crippen molar-refractivity contribution in [1.29, 1.82) is 0 Å². The molecule has 1 fully saturated rings. The van der Waals surface area contributed by atoms with E-state index >= 15 is 0 Å². The average Bonchev–Trinajstić information content (AvgIpc) is 2.98. The number of nitrogens with one attached hydrogen (secondary N) is 1. The average molecular weight is 348 g/mol. The molecule has 8 nitrogen and oxygen atoms in total. The van der Waals surface area contributed by atoms with E-state index < -0.39 is 12.1 Å². The first-order chi connectivity index (χ1) is 11.7. The normalized spacial score (nSPS) is 20.7. The van der Waals surface area contributed by atoms with Gasteiger partial charge in [0.2, 0.25) is 0 Å². The highest BCUT2D eigenvalue weighted by Gasteiger charge is 2.44. The van der Waals surface area contributed by atoms with Gasteiger partial charge in [-0.05, 0) is 17.9 Å². The van der Waals surface area contributed by atoms with Crippen molar-refractivity contribution in [2.75, 3.05) is 19.0 Å². The van der Waals surface area contributed by atoms with Crippen molar-refractivity contribution in [3.8, 4) is 0 Å². The van der Waals surface area contributed by atoms with E-state index in [1.165, 1.54) is 30.4 Å². The van der Waals surface area contributed by atoms with Crippen LogP contribution in [-0.4, -0.2) is 57.8 Å². The van der Waals surface area contributed by atoms with Crippen LogP contribution in [0.3, 0.4) is 0 Å². The summed E-state index contributed by atoms with van der Waals surface area (Å²) >= 11 is 0. The summed E-state index contributed by atoms with van der Waals surface area (Å²) in [5, 5.41) is 12.7. The van der Waals surface area contributed by atoms with E-state index in [2.05, 4.69) is 20.0 Å². The number of likely N-dealkylation sites (tertiary alicyclic amines) is 1. The molecule has 2 atom stereocenters. The summed E-state index contributed by atoms with van der Waals surface area (Å²) in [7, 11) is 1.30. The van der Waals surface area contributed by atoms with Gasteiger partial charge in [0.25, 0.3) is 0 Å². The molecule has 1 amide bonds. The van der Waals surface area contributed by atoms with Gasteiger partial charge in [-0.2, -0.15) is 0 Å². The quantitative estimate of drug-likeness (QED) is 0.635. The minimum atomic E-state index is -0.904. The monoisotopic (exact) mass is 348 g/mol. The number of nitrogens with zero attached hydrogens (tertiary/aromatic N) is 3. The molecule has 1 saturated heterocycles. The third-order valence-electron chi connectivity index (χ3n) is 4.13. The largest absolute Gasteiger partial charge is 0.466 e. The number of hydrogen-bond donors (Lipinski definition) is 2. The summed E-state index contributed by atoms with van der Waals surface area (Å²) in [5.74, 6) is 0.110. The number of carbonyl (C=O) groups excluding carboxylic acids is 1. The molecule has 1 aromatic rings. The predicted molar refractivity (Wildman–Crippen MR) is 93.1 cm³/mol. The van der Waals surface area contributed by atoms with Crippen molar-refractivity contribution in [1.82, 2.24) is 14.9 Å². The summed E-state index contributed by atoms with van der Waals surface area (Å²) in [6.45, 7) is 6.57. The van der Waals surface area contributed by atoms with Crippen molar-refractivity contribution >= 4 is 24.0 Å². The number of methoxy groups -OCH3 is 1. The molecule has 0 aliphatic carbocycles. The molecule has 25 heavy (non-hydrogen) atoms. The first kappa shape index (κ1) is 18.7. The molecule has 8 heteroatoms. The smallest absolute Gasteiger partial charge is 0.407 e. The number of aromatic nitrogens is 2. The van der Waals surface area contributed by atoms with Crippen LogP contribution in [0.2, 0.25) is 0 Å². The first-order valence-corrected chi connectivity index (χ1v) is 8.06. The lowest BCUT2D eigenvalue weighted by molar-refractivity contribution is -0.134. The zero-order chi connectivity index (χ0) is 18.6. The number of anilines is 1. The molecular formula is C17H24N4O4. The standard InChI is InChI=1S/C17H24N4O4/c1-17(2,3)15-12(7-8-21(15)16(23)24)20-13-10-18-11(9-19-13)5-6-14(22)25-4/h5-6,9-10,12,15H,7-8H2,1-4H3,(H,19,20)(H,23,24)/t12-,15?/m1/s1. The van der Waals surface area contributed by atoms with Gasteiger partial charge < -0.3 is 20.1 Å². The van der Waals surface area contributed by atoms with Gasteiger partial charge in [0.15, 0.2) is 0 Å². The van der Waals surface area contributed by atoms with E-state index in [9.17, 15) is 14.7 Å². The van der Waals surface area contributed by atoms with E-state index in [4.69, 9.17) is 0 Å². The van der Waals surface area contributed by atoms with Crippen LogP contribution >= 0.6 is 0 Å². The van der Waals surface area contributed by atoms with Crippen LogP contribution in [0, 0.1) is 5.41 Å². The van der Waals surface area contributed by atoms with Gasteiger partial charge in [0, 0.05) is 12.6 Å². The van der Waals surface area contributed by atoms with E-state index in [1.54, 1.807) is 6.20 Å². The lowest BCUT2D eigenvalue weighted by Crippen LogP contribution is -2.49. The molecule has 0 bridgehead atoms. The maximum Gasteiger partial charge on any atom is 0.407 e. The van der Waals surface area contributed by atoms with Crippen molar-refractivity contribution in [3.05, 3.63) is 24.2 Å². The Labute approximate surface area is 146 Å². The molecule has 0 radical (unpaired) electrons. The third kappa shape index (κ3) is 4.68. The zero-order valence-electron chi connectivity index (χ0n) is 14.9. The van der Waals surface area contributed by atoms with Gasteiger partial charge in [-0.3, -0.25) is 4.98 Å². The van der Waals surface area contributed by atoms with Crippen molar-refractivity contribution in [3.63, 3.8) is 0 Å². The van der Waals surface area contributed by atoms with Gasteiger partial charge in [-0.1, -0.05) is 20.8 Å². The highest BCUT2D eigenvalue weighted by atomic mass is 16.5. The summed E-state index contributed by atoms with van der Waals surface area (Å²) in [5.41, 5.74) is 0.324. The van der Waals surface area contributed by atoms with Crippen molar-refractivity contribution in [2.24, 2.45) is 5.41 Å². The predicted octanol–water partition coefficient (Wildman–Crippen LogP) is 2.24. The molecule has 0 spiro atoms. The molecule has 0 saturated carbocycles. The Morgan fingerprint density at radius 1 is 1.36 bits per heavy atom. The lowest BCUT2D eigenvalue weighted by Gasteiger charge is -2.37. The van der Waals surface area contributed by atoms with Crippen LogP contribution < -0.4 is 5.32 Å². The minimum Gasteiger partial charge on any atom is -0.466 e. The molecule has 2 heterocycles. The minimum absolute atomic E-state index is 0.0399. The molecule has 2 N–H and O–H groups in total. The van der Waals surface area contributed by atoms with Crippen LogP contribution in [0.5, 0.6) is 0 Å². The Balaban J connectivity index is 2.09. The first-order valence-electron chi connectivity index (χ1n) is 8.06. The van der Waals surface area contributed by atoms with E-state index in [-0.39, 0.29) is 17.5 Å². The second-order valence-corrected chi connectivity index (χ2v) is 7.01. The molecular weight excluding hydrogens is 324 g/mol. The van der Waals surface area contributed by atoms with E-state index in [1.807, 2.05) is 20.8 Å². The Morgan fingerprint density at radius 3 is 2.60 bits per heavy atom. The zero-order valence-corrected chi connectivity index (χ0v) is 14.9. The number of carboxylic acid groups (broad SMARTS) is 1. The second kappa shape index (κ2) is 7.50. The third-order valence-corrected chi connectivity index (χ3v) is 4.13. The number of rotatable bonds is 4. The van der Waals surface area contributed by atoms with Gasteiger partial charge in [0.1, 0.15) is 5.82 Å². The van der Waals surface area contributed by atoms with Crippen molar-refractivity contribution in [2.45, 2.75) is 39.3 Å². The molecule has 1 aliphatic rings. The number of ether oxygens (including phenoxy) is 1. The van der Waals surface area contributed by atoms with E-state index in [0.29, 0.717) is 24.5 Å². The molecule has 136 valence electrons. The fourth-order valence-electron chi connectivity index (χ4n) is 3.14. The summed E-state index contributed by atoms with van der Waals surface area (Å²) in [4.78, 5) is 32.5. The molecule has 1 aliphatic heterocycles. The van der Waals surface area contributed by atoms with Crippen LogP contribution in [0.15, 0.2) is 18.5 Å². The van der Waals surface area contributed by atoms with Crippen molar-refractivity contribution < 1.29 is 19.4 Å². The lowest BCUT2D eigenvalue weighted by atomic mass is 9.82. The molecule has 0 aromatic carbocycles. The Hall–Kier alpha value is -2.64. The summed E-state index contributed by atoms with van der Waals surface area (Å²) in [6.07, 6.45) is 5.70. The van der Waals surface area contributed by atoms with Crippen LogP contribution in [0.25, 0.3) is 6.08 Å². The second-order valence-electron chi connectivity index (χ2n) is 7.01. The Bertz CT molecular complexity index is 652. The van der Waals surface area contributed by atoms with Gasteiger partial charge in [0.05, 0.1) is 37.3 Å². The number of amides is 1. The maximum absolute atomic E-state index is 11.5. The Kier molecular flexibility index (Phi) is 5.61. The van der Waals surface area contributed by atoms with Gasteiger partial charge in [-0.15, -0.1) is 0 Å². The number of hydrogen-bond acceptors (Lipinski definition) is 6. The van der Waals surface area contributed by atoms with Crippen LogP contribution in [-0.2, 0) is 9.53 Å². The fraction of sp³-hybridized carbons (Fsp3) is 0.529. The number of esters is 1. The van der Waals surface area contributed by atoms with Crippen LogP contribution in [0.1, 0.15) is 32.9 Å². The molecule has 2 rings (SSSR count). The molecule has 1 unspecified atom stereocenters. The molecule has 1 aromatic heterocycles. The number of carbonyl (C=O) groups is 2. The van der Waals surface area contributed by atoms with Gasteiger partial charge >= 0.3 is 12.1 Å². The Morgan fingerprint density at radius 2 is 2.08 bits per heavy atom. The highest BCUT2D eigenvalue weighted by Crippen LogP contribution is 2.34. The van der Waals surface area contributed by atoms with Crippen LogP contribution in [0.4, 0.5) is 10.6 Å². The fourth-order valence-corrected chi connectivity index (χ4v) is 3.14. The summed E-state index contributed by atoms with van der Waals surface area (Å²) < 4.78 is 4.52. The maximum atomic E-state index is 11.5. The SMILES string of the molecule is COC(=O)C=Cc1cnc(N[C@@H]2CCN(C(=O)O)C2C(C)(C)C)cn1. The highest BCUT2D eigenvalue weighted by molar-refractivity contribution is 5.86. The van der Waals surface area contributed by atoms with Gasteiger partial charge in [-0.25, -0.2) is 14.6 Å². The summed E-state index contributed by atoms with van der Waals surface area (Å²) in [6, 6.07) is -0.201.